The van der Waals surface area contributed by atoms with E-state index in [0.717, 1.165) is 82.9 Å². The predicted molar refractivity (Wildman–Crippen MR) is 157 cm³/mol. The summed E-state index contributed by atoms with van der Waals surface area (Å²) < 4.78 is 0. The Kier molecular flexibility index (Phi) is 7.79. The van der Waals surface area contributed by atoms with Crippen molar-refractivity contribution in [1.82, 2.24) is 0 Å². The van der Waals surface area contributed by atoms with Crippen molar-refractivity contribution in [1.29, 1.82) is 0 Å². The van der Waals surface area contributed by atoms with Crippen molar-refractivity contribution >= 4 is 0 Å². The molecular weight excluding hydrogens is 444 g/mol. The van der Waals surface area contributed by atoms with E-state index in [4.69, 9.17) is 0 Å². The average Bonchev–Trinajstić information content (AvgIpc) is 3.16. The maximum atomic E-state index is 2.67. The van der Waals surface area contributed by atoms with Gasteiger partial charge in [0.2, 0.25) is 0 Å². The normalized spacial score (nSPS) is 54.6. The van der Waals surface area contributed by atoms with E-state index in [1.807, 2.05) is 0 Å². The molecule has 7 rings (SSSR count). The van der Waals surface area contributed by atoms with Crippen molar-refractivity contribution < 1.29 is 0 Å². The molecule has 0 saturated heterocycles. The van der Waals surface area contributed by atoms with Crippen LogP contribution in [0.1, 0.15) is 149 Å². The molecule has 0 radical (unpaired) electrons. The van der Waals surface area contributed by atoms with Crippen molar-refractivity contribution in [3.05, 3.63) is 0 Å². The fourth-order valence-electron chi connectivity index (χ4n) is 13.9. The van der Waals surface area contributed by atoms with E-state index in [9.17, 15) is 0 Å². The Morgan fingerprint density at radius 1 is 0.297 bits per heavy atom. The van der Waals surface area contributed by atoms with Gasteiger partial charge in [-0.3, -0.25) is 0 Å². The van der Waals surface area contributed by atoms with Gasteiger partial charge in [0.15, 0.2) is 0 Å². The Balaban J connectivity index is 1.25. The van der Waals surface area contributed by atoms with Gasteiger partial charge in [0, 0.05) is 0 Å². The van der Waals surface area contributed by atoms with Crippen molar-refractivity contribution in [2.45, 2.75) is 149 Å². The van der Waals surface area contributed by atoms with Gasteiger partial charge in [-0.2, -0.15) is 0 Å². The van der Waals surface area contributed by atoms with Crippen LogP contribution in [-0.4, -0.2) is 0 Å². The number of hydrogen-bond donors (Lipinski definition) is 0. The third-order valence-corrected chi connectivity index (χ3v) is 14.8. The SMILES string of the molecule is CC1CC2CCCCCC2C(C2C3CCCCC3C(C3CC(C)CC4CCCCC43)C3CCCCC32)C1. The lowest BCUT2D eigenvalue weighted by molar-refractivity contribution is -0.144. The van der Waals surface area contributed by atoms with Gasteiger partial charge in [0.1, 0.15) is 0 Å². The summed E-state index contributed by atoms with van der Waals surface area (Å²) in [7, 11) is 0. The van der Waals surface area contributed by atoms with Crippen molar-refractivity contribution in [3.63, 3.8) is 0 Å². The second kappa shape index (κ2) is 11.1. The van der Waals surface area contributed by atoms with Gasteiger partial charge < -0.3 is 0 Å². The number of hydrogen-bond acceptors (Lipinski definition) is 0. The lowest BCUT2D eigenvalue weighted by Gasteiger charge is -2.63. The largest absolute Gasteiger partial charge is 0.0625 e. The summed E-state index contributed by atoms with van der Waals surface area (Å²) in [5.41, 5.74) is 0. The number of fused-ring (bicyclic) bond motifs is 4. The summed E-state index contributed by atoms with van der Waals surface area (Å²) in [6.45, 7) is 5.33. The fourth-order valence-corrected chi connectivity index (χ4v) is 13.9. The minimum absolute atomic E-state index is 1.01. The van der Waals surface area contributed by atoms with Gasteiger partial charge in [-0.05, 0) is 147 Å². The van der Waals surface area contributed by atoms with E-state index in [0.29, 0.717) is 0 Å². The monoisotopic (exact) mass is 506 g/mol. The molecule has 12 atom stereocenters. The van der Waals surface area contributed by atoms with Crippen molar-refractivity contribution in [2.75, 3.05) is 0 Å². The summed E-state index contributed by atoms with van der Waals surface area (Å²) in [4.78, 5) is 0. The first-order valence-corrected chi connectivity index (χ1v) is 18.2. The molecule has 210 valence electrons. The molecule has 7 aliphatic carbocycles. The summed E-state index contributed by atoms with van der Waals surface area (Å²) >= 11 is 0. The van der Waals surface area contributed by atoms with E-state index >= 15 is 0 Å². The summed E-state index contributed by atoms with van der Waals surface area (Å²) in [6.07, 6.45) is 33.4. The first-order valence-electron chi connectivity index (χ1n) is 18.2. The van der Waals surface area contributed by atoms with E-state index in [2.05, 4.69) is 13.8 Å². The van der Waals surface area contributed by atoms with Gasteiger partial charge in [0.25, 0.3) is 0 Å². The van der Waals surface area contributed by atoms with Crippen LogP contribution in [0, 0.1) is 82.9 Å². The van der Waals surface area contributed by atoms with Crippen LogP contribution < -0.4 is 0 Å². The molecule has 7 fully saturated rings. The average molecular weight is 507 g/mol. The third kappa shape index (κ3) is 4.81. The van der Waals surface area contributed by atoms with Crippen LogP contribution >= 0.6 is 0 Å². The smallest absolute Gasteiger partial charge is 0.0321 e. The Morgan fingerprint density at radius 3 is 1.05 bits per heavy atom. The van der Waals surface area contributed by atoms with Crippen LogP contribution in [-0.2, 0) is 0 Å². The van der Waals surface area contributed by atoms with E-state index in [1.165, 1.54) is 0 Å². The summed E-state index contributed by atoms with van der Waals surface area (Å²) in [5.74, 6) is 15.4. The molecule has 12 unspecified atom stereocenters. The highest BCUT2D eigenvalue weighted by Crippen LogP contribution is 2.65. The van der Waals surface area contributed by atoms with Crippen LogP contribution in [0.2, 0.25) is 0 Å². The van der Waals surface area contributed by atoms with Crippen LogP contribution in [0.5, 0.6) is 0 Å². The molecule has 7 saturated carbocycles. The molecule has 0 heteroatoms. The molecular formula is C37H62. The lowest BCUT2D eigenvalue weighted by Crippen LogP contribution is -2.56. The zero-order chi connectivity index (χ0) is 24.9. The first-order chi connectivity index (χ1) is 18.2. The molecule has 0 aliphatic heterocycles. The topological polar surface area (TPSA) is 0 Å². The van der Waals surface area contributed by atoms with Gasteiger partial charge in [-0.25, -0.2) is 0 Å². The highest BCUT2D eigenvalue weighted by atomic mass is 14.6. The lowest BCUT2D eigenvalue weighted by atomic mass is 9.42. The minimum Gasteiger partial charge on any atom is -0.0625 e. The third-order valence-electron chi connectivity index (χ3n) is 14.8. The van der Waals surface area contributed by atoms with Crippen LogP contribution in [0.4, 0.5) is 0 Å². The molecule has 37 heavy (non-hydrogen) atoms. The molecule has 0 bridgehead atoms. The van der Waals surface area contributed by atoms with E-state index < -0.39 is 0 Å². The molecule has 7 aliphatic rings. The Morgan fingerprint density at radius 2 is 0.622 bits per heavy atom. The second-order valence-electron chi connectivity index (χ2n) is 16.6. The van der Waals surface area contributed by atoms with Gasteiger partial charge in [0.05, 0.1) is 0 Å². The summed E-state index contributed by atoms with van der Waals surface area (Å²) in [6, 6.07) is 0. The zero-order valence-corrected chi connectivity index (χ0v) is 24.9. The number of rotatable bonds is 2. The van der Waals surface area contributed by atoms with E-state index in [1.54, 1.807) is 135 Å². The molecule has 0 aromatic rings. The summed E-state index contributed by atoms with van der Waals surface area (Å²) in [5, 5.41) is 0. The van der Waals surface area contributed by atoms with Crippen molar-refractivity contribution in [3.8, 4) is 0 Å². The maximum Gasteiger partial charge on any atom is -0.0321 e. The molecule has 0 aromatic carbocycles. The van der Waals surface area contributed by atoms with Crippen LogP contribution in [0.15, 0.2) is 0 Å². The van der Waals surface area contributed by atoms with Gasteiger partial charge in [-0.15, -0.1) is 0 Å². The fraction of sp³-hybridized carbons (Fsp3) is 1.00. The molecule has 0 heterocycles. The molecule has 0 nitrogen and oxygen atoms in total. The first kappa shape index (κ1) is 25.9. The Bertz CT molecular complexity index is 729. The van der Waals surface area contributed by atoms with Crippen molar-refractivity contribution in [2.24, 2.45) is 82.9 Å². The maximum absolute atomic E-state index is 2.67. The highest BCUT2D eigenvalue weighted by molar-refractivity contribution is 5.07. The van der Waals surface area contributed by atoms with Crippen LogP contribution in [0.3, 0.4) is 0 Å². The minimum atomic E-state index is 1.01. The quantitative estimate of drug-likeness (QED) is 0.349. The van der Waals surface area contributed by atoms with Crippen LogP contribution in [0.25, 0.3) is 0 Å². The zero-order valence-electron chi connectivity index (χ0n) is 24.9. The Labute approximate surface area is 231 Å². The van der Waals surface area contributed by atoms with E-state index in [-0.39, 0.29) is 0 Å². The molecule has 0 spiro atoms. The predicted octanol–water partition coefficient (Wildman–Crippen LogP) is 10.9. The Hall–Kier alpha value is 0. The highest BCUT2D eigenvalue weighted by Gasteiger charge is 2.58. The molecule has 0 N–H and O–H groups in total. The molecule has 0 amide bonds. The van der Waals surface area contributed by atoms with Gasteiger partial charge >= 0.3 is 0 Å². The second-order valence-corrected chi connectivity index (χ2v) is 16.6. The van der Waals surface area contributed by atoms with Gasteiger partial charge in [-0.1, -0.05) is 84.5 Å². The standard InChI is InChI=1S/C37H62/c1-24-20-26-12-4-3-5-14-28(26)34(22-24)36-30-16-8-10-18-32(30)37(33-19-11-9-17-31(33)36)35-23-25(2)21-27-13-6-7-15-29(27)35/h24-37H,3-23H2,1-2H3. The molecule has 0 aromatic heterocycles.